The van der Waals surface area contributed by atoms with Crippen molar-refractivity contribution in [3.63, 3.8) is 0 Å². The van der Waals surface area contributed by atoms with Gasteiger partial charge in [-0.2, -0.15) is 8.42 Å². The van der Waals surface area contributed by atoms with E-state index < -0.39 is 21.4 Å². The van der Waals surface area contributed by atoms with E-state index in [4.69, 9.17) is 11.6 Å². The lowest BCUT2D eigenvalue weighted by Gasteiger charge is -2.38. The van der Waals surface area contributed by atoms with E-state index in [2.05, 4.69) is 14.7 Å². The molecule has 0 spiro atoms. The number of carbonyl (C=O) groups is 1. The van der Waals surface area contributed by atoms with Gasteiger partial charge in [0, 0.05) is 18.7 Å². The molecule has 0 radical (unpaired) electrons. The monoisotopic (exact) mass is 514 g/mol. The van der Waals surface area contributed by atoms with Gasteiger partial charge in [-0.15, -0.1) is 0 Å². The normalized spacial score (nSPS) is 18.3. The molecule has 2 N–H and O–H groups in total. The van der Waals surface area contributed by atoms with Gasteiger partial charge in [-0.1, -0.05) is 48.9 Å². The van der Waals surface area contributed by atoms with Crippen molar-refractivity contribution in [2.75, 3.05) is 22.7 Å². The summed E-state index contributed by atoms with van der Waals surface area (Å²) in [6.07, 6.45) is 2.01. The molecule has 0 aliphatic carbocycles. The zero-order valence-electron chi connectivity index (χ0n) is 19.5. The van der Waals surface area contributed by atoms with Crippen LogP contribution in [-0.2, 0) is 21.2 Å². The van der Waals surface area contributed by atoms with Crippen LogP contribution >= 0.6 is 11.6 Å². The van der Waals surface area contributed by atoms with Crippen LogP contribution in [0.15, 0.2) is 59.6 Å². The molecular formula is C25H27ClN4O4S. The number of aryl methyl sites for hydroxylation is 1. The maximum atomic E-state index is 13.2. The number of carboxylic acids is 1. The van der Waals surface area contributed by atoms with Crippen molar-refractivity contribution in [3.05, 3.63) is 65.2 Å². The van der Waals surface area contributed by atoms with Gasteiger partial charge in [0.1, 0.15) is 11.6 Å². The van der Waals surface area contributed by atoms with Crippen LogP contribution in [0.2, 0.25) is 5.02 Å². The first kappa shape index (κ1) is 24.9. The fourth-order valence-electron chi connectivity index (χ4n) is 4.28. The predicted molar refractivity (Wildman–Crippen MR) is 136 cm³/mol. The zero-order valence-corrected chi connectivity index (χ0v) is 21.1. The van der Waals surface area contributed by atoms with Gasteiger partial charge in [-0.3, -0.25) is 9.52 Å². The number of piperidine rings is 1. The highest BCUT2D eigenvalue weighted by Gasteiger charge is 2.38. The molecule has 1 aliphatic rings. The Labute approximate surface area is 210 Å². The molecule has 1 saturated heterocycles. The lowest BCUT2D eigenvalue weighted by Crippen LogP contribution is -2.46. The van der Waals surface area contributed by atoms with Gasteiger partial charge in [0.05, 0.1) is 16.1 Å². The molecule has 8 nitrogen and oxygen atoms in total. The van der Waals surface area contributed by atoms with Gasteiger partial charge >= 0.3 is 5.97 Å². The van der Waals surface area contributed by atoms with Crippen LogP contribution in [0.25, 0.3) is 11.3 Å². The Kier molecular flexibility index (Phi) is 7.00. The molecule has 1 aromatic carbocycles. The molecule has 4 rings (SSSR count). The highest BCUT2D eigenvalue weighted by Crippen LogP contribution is 2.33. The third kappa shape index (κ3) is 5.26. The van der Waals surface area contributed by atoms with Crippen LogP contribution in [0.5, 0.6) is 0 Å². The smallest absolute Gasteiger partial charge is 0.311 e. The number of aromatic nitrogens is 2. The first-order chi connectivity index (χ1) is 16.6. The molecule has 184 valence electrons. The van der Waals surface area contributed by atoms with Crippen LogP contribution in [0.1, 0.15) is 32.3 Å². The van der Waals surface area contributed by atoms with Gasteiger partial charge in [0.25, 0.3) is 10.0 Å². The molecule has 3 heterocycles. The summed E-state index contributed by atoms with van der Waals surface area (Å²) in [5, 5.41) is 9.84. The van der Waals surface area contributed by atoms with Gasteiger partial charge in [-0.05, 0) is 56.0 Å². The van der Waals surface area contributed by atoms with Crippen molar-refractivity contribution in [1.29, 1.82) is 0 Å². The molecule has 0 bridgehead atoms. The summed E-state index contributed by atoms with van der Waals surface area (Å²) >= 11 is 6.40. The third-order valence-electron chi connectivity index (χ3n) is 6.26. The van der Waals surface area contributed by atoms with E-state index in [1.54, 1.807) is 25.1 Å². The number of nitrogens with zero attached hydrogens (tertiary/aromatic N) is 3. The average molecular weight is 515 g/mol. The van der Waals surface area contributed by atoms with Crippen LogP contribution in [0.3, 0.4) is 0 Å². The molecule has 35 heavy (non-hydrogen) atoms. The minimum atomic E-state index is -4.06. The van der Waals surface area contributed by atoms with Gasteiger partial charge in [-0.25, -0.2) is 9.97 Å². The SMILES string of the molecule is CCc1ccccc1-c1nc(NS(=O)(=O)c2cccc(N3CCCC(C)(C(=O)O)C3)n2)ccc1Cl. The Morgan fingerprint density at radius 2 is 1.91 bits per heavy atom. The molecule has 1 atom stereocenters. The van der Waals surface area contributed by atoms with Crippen molar-refractivity contribution in [2.45, 2.75) is 38.1 Å². The molecule has 3 aromatic rings. The Hall–Kier alpha value is -3.17. The quantitative estimate of drug-likeness (QED) is 0.463. The lowest BCUT2D eigenvalue weighted by atomic mass is 9.82. The fraction of sp³-hybridized carbons (Fsp3) is 0.320. The zero-order chi connectivity index (χ0) is 25.2. The topological polar surface area (TPSA) is 112 Å². The number of pyridine rings is 2. The van der Waals surface area contributed by atoms with Gasteiger partial charge in [0.2, 0.25) is 0 Å². The second-order valence-corrected chi connectivity index (χ2v) is 10.9. The standard InChI is InChI=1S/C25H27ClN4O4S/c1-3-17-8-4-5-9-18(17)23-19(26)12-13-20(27-23)29-35(33,34)22-11-6-10-21(28-22)30-15-7-14-25(2,16-30)24(31)32/h4-6,8-13H,3,7,14-16H2,1-2H3,(H,27,29)(H,31,32). The minimum Gasteiger partial charge on any atom is -0.481 e. The Balaban J connectivity index is 1.62. The number of benzene rings is 1. The van der Waals surface area contributed by atoms with Crippen LogP contribution in [0.4, 0.5) is 11.6 Å². The van der Waals surface area contributed by atoms with E-state index >= 15 is 0 Å². The molecule has 1 fully saturated rings. The van der Waals surface area contributed by atoms with Crippen molar-refractivity contribution in [3.8, 4) is 11.3 Å². The number of carboxylic acid groups (broad SMARTS) is 1. The fourth-order valence-corrected chi connectivity index (χ4v) is 5.45. The predicted octanol–water partition coefficient (Wildman–Crippen LogP) is 4.85. The van der Waals surface area contributed by atoms with Crippen LogP contribution in [-0.4, -0.2) is 42.6 Å². The Morgan fingerprint density at radius 1 is 1.14 bits per heavy atom. The number of anilines is 2. The second kappa shape index (κ2) is 9.83. The molecule has 0 amide bonds. The summed E-state index contributed by atoms with van der Waals surface area (Å²) in [6.45, 7) is 4.58. The molecule has 0 saturated carbocycles. The first-order valence-corrected chi connectivity index (χ1v) is 13.2. The molecule has 1 unspecified atom stereocenters. The minimum absolute atomic E-state index is 0.124. The van der Waals surface area contributed by atoms with Gasteiger partial charge < -0.3 is 10.0 Å². The summed E-state index contributed by atoms with van der Waals surface area (Å²) < 4.78 is 28.8. The summed E-state index contributed by atoms with van der Waals surface area (Å²) in [5.74, 6) is -0.331. The largest absolute Gasteiger partial charge is 0.481 e. The van der Waals surface area contributed by atoms with Crippen molar-refractivity contribution < 1.29 is 18.3 Å². The Morgan fingerprint density at radius 3 is 2.66 bits per heavy atom. The van der Waals surface area contributed by atoms with E-state index in [0.29, 0.717) is 35.9 Å². The summed E-state index contributed by atoms with van der Waals surface area (Å²) in [6, 6.07) is 15.5. The second-order valence-electron chi connectivity index (χ2n) is 8.87. The number of sulfonamides is 1. The summed E-state index contributed by atoms with van der Waals surface area (Å²) in [7, 11) is -4.06. The van der Waals surface area contributed by atoms with E-state index in [0.717, 1.165) is 17.5 Å². The number of hydrogen-bond donors (Lipinski definition) is 2. The van der Waals surface area contributed by atoms with Crippen molar-refractivity contribution in [2.24, 2.45) is 5.41 Å². The van der Waals surface area contributed by atoms with E-state index in [1.165, 1.54) is 12.1 Å². The molecular weight excluding hydrogens is 488 g/mol. The maximum absolute atomic E-state index is 13.2. The van der Waals surface area contributed by atoms with Crippen LogP contribution in [0, 0.1) is 5.41 Å². The maximum Gasteiger partial charge on any atom is 0.311 e. The van der Waals surface area contributed by atoms with E-state index in [9.17, 15) is 18.3 Å². The number of hydrogen-bond acceptors (Lipinski definition) is 6. The van der Waals surface area contributed by atoms with Gasteiger partial charge in [0.15, 0.2) is 5.03 Å². The number of rotatable bonds is 7. The lowest BCUT2D eigenvalue weighted by molar-refractivity contribution is -0.148. The van der Waals surface area contributed by atoms with Crippen molar-refractivity contribution in [1.82, 2.24) is 9.97 Å². The molecule has 1 aliphatic heterocycles. The number of nitrogens with one attached hydrogen (secondary N) is 1. The molecule has 10 heteroatoms. The highest BCUT2D eigenvalue weighted by molar-refractivity contribution is 7.92. The van der Waals surface area contributed by atoms with Crippen molar-refractivity contribution >= 4 is 39.2 Å². The summed E-state index contributed by atoms with van der Waals surface area (Å²) in [4.78, 5) is 22.4. The summed E-state index contributed by atoms with van der Waals surface area (Å²) in [5.41, 5.74) is 1.47. The Bertz CT molecular complexity index is 1370. The first-order valence-electron chi connectivity index (χ1n) is 11.4. The van der Waals surface area contributed by atoms with Crippen LogP contribution < -0.4 is 9.62 Å². The number of halogens is 1. The van der Waals surface area contributed by atoms with E-state index in [-0.39, 0.29) is 17.4 Å². The van der Waals surface area contributed by atoms with E-state index in [1.807, 2.05) is 36.1 Å². The average Bonchev–Trinajstić information content (AvgIpc) is 2.85. The highest BCUT2D eigenvalue weighted by atomic mass is 35.5. The number of aliphatic carboxylic acids is 1. The molecule has 2 aromatic heterocycles. The third-order valence-corrected chi connectivity index (χ3v) is 7.82.